The molecule has 0 bridgehead atoms. The predicted octanol–water partition coefficient (Wildman–Crippen LogP) is 1.86. The van der Waals surface area contributed by atoms with Crippen LogP contribution in [0.4, 0.5) is 13.2 Å². The SMILES string of the molecule is O=C(NCC[C@H](O)C(=O)O)c1ccc(SC(F)(F)F)cc1. The first-order valence-corrected chi connectivity index (χ1v) is 6.55. The normalized spacial score (nSPS) is 12.8. The van der Waals surface area contributed by atoms with Gasteiger partial charge in [-0.2, -0.15) is 13.2 Å². The predicted molar refractivity (Wildman–Crippen MR) is 68.9 cm³/mol. The van der Waals surface area contributed by atoms with Crippen LogP contribution in [0.25, 0.3) is 0 Å². The summed E-state index contributed by atoms with van der Waals surface area (Å²) in [4.78, 5) is 21.9. The highest BCUT2D eigenvalue weighted by Gasteiger charge is 2.29. The largest absolute Gasteiger partial charge is 0.479 e. The average molecular weight is 323 g/mol. The number of aliphatic hydroxyl groups excluding tert-OH is 1. The van der Waals surface area contributed by atoms with E-state index in [1.54, 1.807) is 0 Å². The molecule has 0 saturated heterocycles. The Morgan fingerprint density at radius 2 is 1.81 bits per heavy atom. The summed E-state index contributed by atoms with van der Waals surface area (Å²) in [5.74, 6) is -1.95. The molecule has 116 valence electrons. The van der Waals surface area contributed by atoms with Gasteiger partial charge in [-0.25, -0.2) is 4.79 Å². The number of thioether (sulfide) groups is 1. The third-order valence-electron chi connectivity index (χ3n) is 2.34. The number of carbonyl (C=O) groups is 2. The van der Waals surface area contributed by atoms with E-state index in [9.17, 15) is 22.8 Å². The quantitative estimate of drug-likeness (QED) is 0.696. The van der Waals surface area contributed by atoms with Crippen molar-refractivity contribution in [1.29, 1.82) is 0 Å². The lowest BCUT2D eigenvalue weighted by molar-refractivity contribution is -0.146. The van der Waals surface area contributed by atoms with E-state index in [0.717, 1.165) is 0 Å². The van der Waals surface area contributed by atoms with Gasteiger partial charge in [0.2, 0.25) is 0 Å². The Morgan fingerprint density at radius 1 is 1.24 bits per heavy atom. The number of nitrogens with one attached hydrogen (secondary N) is 1. The van der Waals surface area contributed by atoms with E-state index in [1.807, 2.05) is 0 Å². The lowest BCUT2D eigenvalue weighted by Crippen LogP contribution is -2.30. The fraction of sp³-hybridized carbons (Fsp3) is 0.333. The summed E-state index contributed by atoms with van der Waals surface area (Å²) in [6.07, 6.45) is -1.74. The number of hydrogen-bond acceptors (Lipinski definition) is 4. The highest BCUT2D eigenvalue weighted by atomic mass is 32.2. The number of halogens is 3. The zero-order chi connectivity index (χ0) is 16.0. The molecule has 0 radical (unpaired) electrons. The molecule has 0 unspecified atom stereocenters. The first-order chi connectivity index (χ1) is 9.69. The van der Waals surface area contributed by atoms with Gasteiger partial charge in [-0.05, 0) is 36.0 Å². The molecule has 0 aromatic heterocycles. The fourth-order valence-corrected chi connectivity index (χ4v) is 1.90. The molecule has 0 fully saturated rings. The monoisotopic (exact) mass is 323 g/mol. The molecule has 3 N–H and O–H groups in total. The molecule has 0 spiro atoms. The molecule has 0 aliphatic carbocycles. The summed E-state index contributed by atoms with van der Waals surface area (Å²) in [5.41, 5.74) is -4.25. The Balaban J connectivity index is 2.50. The summed E-state index contributed by atoms with van der Waals surface area (Å²) in [7, 11) is 0. The standard InChI is InChI=1S/C12H12F3NO4S/c13-12(14,15)21-8-3-1-7(2-4-8)10(18)16-6-5-9(17)11(19)20/h1-4,9,17H,5-6H2,(H,16,18)(H,19,20)/t9-/m0/s1. The van der Waals surface area contributed by atoms with Crippen molar-refractivity contribution in [1.82, 2.24) is 5.32 Å². The summed E-state index contributed by atoms with van der Waals surface area (Å²) in [5, 5.41) is 19.8. The third kappa shape index (κ3) is 6.50. The number of aliphatic carboxylic acids is 1. The number of carboxylic acids is 1. The van der Waals surface area contributed by atoms with Crippen LogP contribution in [0.1, 0.15) is 16.8 Å². The number of alkyl halides is 3. The maximum atomic E-state index is 12.1. The number of hydrogen-bond donors (Lipinski definition) is 3. The Hall–Kier alpha value is -1.74. The smallest absolute Gasteiger partial charge is 0.446 e. The van der Waals surface area contributed by atoms with Gasteiger partial charge in [0.15, 0.2) is 6.10 Å². The topological polar surface area (TPSA) is 86.6 Å². The number of amides is 1. The number of carboxylic acid groups (broad SMARTS) is 1. The minimum Gasteiger partial charge on any atom is -0.479 e. The van der Waals surface area contributed by atoms with E-state index in [-0.39, 0.29) is 35.2 Å². The van der Waals surface area contributed by atoms with E-state index in [2.05, 4.69) is 5.32 Å². The molecule has 9 heteroatoms. The molecular formula is C12H12F3NO4S. The van der Waals surface area contributed by atoms with Crippen molar-refractivity contribution in [3.05, 3.63) is 29.8 Å². The molecule has 1 aromatic carbocycles. The van der Waals surface area contributed by atoms with E-state index >= 15 is 0 Å². The molecule has 5 nitrogen and oxygen atoms in total. The van der Waals surface area contributed by atoms with Gasteiger partial charge in [0.05, 0.1) is 0 Å². The van der Waals surface area contributed by atoms with Gasteiger partial charge in [-0.3, -0.25) is 4.79 Å². The maximum Gasteiger partial charge on any atom is 0.446 e. The summed E-state index contributed by atoms with van der Waals surface area (Å²) in [6, 6.07) is 4.80. The van der Waals surface area contributed by atoms with Crippen molar-refractivity contribution < 1.29 is 33.0 Å². The Kier molecular flexibility index (Phi) is 6.03. The van der Waals surface area contributed by atoms with E-state index < -0.39 is 23.5 Å². The van der Waals surface area contributed by atoms with Gasteiger partial charge in [0.1, 0.15) is 0 Å². The van der Waals surface area contributed by atoms with Crippen molar-refractivity contribution in [3.63, 3.8) is 0 Å². The molecule has 1 aromatic rings. The van der Waals surface area contributed by atoms with Crippen LogP contribution in [0.2, 0.25) is 0 Å². The second-order valence-electron chi connectivity index (χ2n) is 3.97. The number of carbonyl (C=O) groups excluding carboxylic acids is 1. The van der Waals surface area contributed by atoms with Crippen molar-refractivity contribution in [2.24, 2.45) is 0 Å². The second-order valence-corrected chi connectivity index (χ2v) is 5.11. The molecule has 0 aliphatic heterocycles. The van der Waals surface area contributed by atoms with Crippen LogP contribution >= 0.6 is 11.8 Å². The molecule has 1 atom stereocenters. The molecule has 21 heavy (non-hydrogen) atoms. The van der Waals surface area contributed by atoms with Crippen molar-refractivity contribution >= 4 is 23.6 Å². The van der Waals surface area contributed by atoms with Crippen LogP contribution in [-0.4, -0.2) is 40.2 Å². The summed E-state index contributed by atoms with van der Waals surface area (Å²) in [6.45, 7) is -0.0641. The van der Waals surface area contributed by atoms with Gasteiger partial charge >= 0.3 is 11.5 Å². The van der Waals surface area contributed by atoms with Crippen molar-refractivity contribution in [2.75, 3.05) is 6.54 Å². The number of benzene rings is 1. The van der Waals surface area contributed by atoms with Crippen LogP contribution in [0, 0.1) is 0 Å². The van der Waals surface area contributed by atoms with Crippen LogP contribution in [0.3, 0.4) is 0 Å². The molecule has 0 aliphatic rings. The van der Waals surface area contributed by atoms with Crippen LogP contribution < -0.4 is 5.32 Å². The highest BCUT2D eigenvalue weighted by molar-refractivity contribution is 8.00. The minimum absolute atomic E-state index is 0.0413. The lowest BCUT2D eigenvalue weighted by Gasteiger charge is -2.08. The van der Waals surface area contributed by atoms with Crippen LogP contribution in [-0.2, 0) is 4.79 Å². The first-order valence-electron chi connectivity index (χ1n) is 5.74. The van der Waals surface area contributed by atoms with Gasteiger partial charge in [-0.1, -0.05) is 0 Å². The Labute approximate surface area is 122 Å². The van der Waals surface area contributed by atoms with E-state index in [0.29, 0.717) is 0 Å². The van der Waals surface area contributed by atoms with Gasteiger partial charge in [-0.15, -0.1) is 0 Å². The first kappa shape index (κ1) is 17.3. The second kappa shape index (κ2) is 7.32. The van der Waals surface area contributed by atoms with E-state index in [4.69, 9.17) is 10.2 Å². The van der Waals surface area contributed by atoms with Gasteiger partial charge in [0, 0.05) is 23.4 Å². The van der Waals surface area contributed by atoms with Gasteiger partial charge < -0.3 is 15.5 Å². The number of aliphatic hydroxyl groups is 1. The fourth-order valence-electron chi connectivity index (χ4n) is 1.36. The number of rotatable bonds is 6. The maximum absolute atomic E-state index is 12.1. The third-order valence-corrected chi connectivity index (χ3v) is 3.08. The van der Waals surface area contributed by atoms with Crippen LogP contribution in [0.15, 0.2) is 29.2 Å². The zero-order valence-corrected chi connectivity index (χ0v) is 11.4. The highest BCUT2D eigenvalue weighted by Crippen LogP contribution is 2.36. The Morgan fingerprint density at radius 3 is 2.29 bits per heavy atom. The molecule has 0 heterocycles. The summed E-state index contributed by atoms with van der Waals surface area (Å²) < 4.78 is 36.4. The zero-order valence-electron chi connectivity index (χ0n) is 10.6. The van der Waals surface area contributed by atoms with Crippen molar-refractivity contribution in [2.45, 2.75) is 22.9 Å². The molecular weight excluding hydrogens is 311 g/mol. The molecule has 0 saturated carbocycles. The molecule has 1 amide bonds. The van der Waals surface area contributed by atoms with Gasteiger partial charge in [0.25, 0.3) is 5.91 Å². The molecule has 1 rings (SSSR count). The van der Waals surface area contributed by atoms with Crippen LogP contribution in [0.5, 0.6) is 0 Å². The van der Waals surface area contributed by atoms with Crippen molar-refractivity contribution in [3.8, 4) is 0 Å². The Bertz CT molecular complexity index is 504. The summed E-state index contributed by atoms with van der Waals surface area (Å²) >= 11 is -0.284. The average Bonchev–Trinajstić information content (AvgIpc) is 2.37. The minimum atomic E-state index is -4.39. The van der Waals surface area contributed by atoms with E-state index in [1.165, 1.54) is 24.3 Å². The lowest BCUT2D eigenvalue weighted by atomic mass is 10.2.